The molecule has 3 nitrogen and oxygen atoms in total. The summed E-state index contributed by atoms with van der Waals surface area (Å²) in [6, 6.07) is 3.82. The van der Waals surface area contributed by atoms with Crippen molar-refractivity contribution >= 4 is 0 Å². The SMILES string of the molecule is COc1ccc(OC)c2c1COC2. The minimum Gasteiger partial charge on any atom is -0.496 e. The molecule has 0 spiro atoms. The maximum absolute atomic E-state index is 5.34. The number of hydrogen-bond donors (Lipinski definition) is 0. The zero-order chi connectivity index (χ0) is 9.26. The van der Waals surface area contributed by atoms with Crippen LogP contribution in [0.25, 0.3) is 0 Å². The molecular formula is C10H12O3. The molecule has 0 N–H and O–H groups in total. The Morgan fingerprint density at radius 2 is 1.46 bits per heavy atom. The molecule has 0 bridgehead atoms. The Morgan fingerprint density at radius 1 is 1.00 bits per heavy atom. The van der Waals surface area contributed by atoms with Crippen molar-refractivity contribution in [2.24, 2.45) is 0 Å². The predicted molar refractivity (Wildman–Crippen MR) is 48.0 cm³/mol. The van der Waals surface area contributed by atoms with Crippen LogP contribution in [0, 0.1) is 0 Å². The average molecular weight is 180 g/mol. The lowest BCUT2D eigenvalue weighted by Gasteiger charge is -2.09. The summed E-state index contributed by atoms with van der Waals surface area (Å²) < 4.78 is 15.8. The quantitative estimate of drug-likeness (QED) is 0.693. The van der Waals surface area contributed by atoms with Gasteiger partial charge in [0.25, 0.3) is 0 Å². The summed E-state index contributed by atoms with van der Waals surface area (Å²) in [6.07, 6.45) is 0. The molecule has 1 aliphatic rings. The minimum absolute atomic E-state index is 0.621. The first kappa shape index (κ1) is 8.38. The number of methoxy groups -OCH3 is 2. The second-order valence-electron chi connectivity index (χ2n) is 2.92. The van der Waals surface area contributed by atoms with Gasteiger partial charge < -0.3 is 14.2 Å². The lowest BCUT2D eigenvalue weighted by atomic mass is 10.1. The van der Waals surface area contributed by atoms with E-state index >= 15 is 0 Å². The third-order valence-corrected chi connectivity index (χ3v) is 2.28. The topological polar surface area (TPSA) is 27.7 Å². The molecule has 0 saturated carbocycles. The van der Waals surface area contributed by atoms with E-state index in [9.17, 15) is 0 Å². The predicted octanol–water partition coefficient (Wildman–Crippen LogP) is 1.73. The van der Waals surface area contributed by atoms with Crippen LogP contribution >= 0.6 is 0 Å². The Morgan fingerprint density at radius 3 is 1.85 bits per heavy atom. The molecule has 0 unspecified atom stereocenters. The molecule has 3 heteroatoms. The number of hydrogen-bond acceptors (Lipinski definition) is 3. The van der Waals surface area contributed by atoms with Crippen LogP contribution in [0.5, 0.6) is 11.5 Å². The summed E-state index contributed by atoms with van der Waals surface area (Å²) in [5.74, 6) is 1.77. The molecule has 0 saturated heterocycles. The van der Waals surface area contributed by atoms with E-state index in [2.05, 4.69) is 0 Å². The van der Waals surface area contributed by atoms with Crippen LogP contribution in [-0.4, -0.2) is 14.2 Å². The summed E-state index contributed by atoms with van der Waals surface area (Å²) in [6.45, 7) is 1.24. The van der Waals surface area contributed by atoms with Crippen LogP contribution in [0.1, 0.15) is 11.1 Å². The van der Waals surface area contributed by atoms with Gasteiger partial charge in [-0.1, -0.05) is 0 Å². The molecule has 0 radical (unpaired) electrons. The summed E-state index contributed by atoms with van der Waals surface area (Å²) >= 11 is 0. The molecule has 0 aromatic heterocycles. The Bertz CT molecular complexity index is 289. The van der Waals surface area contributed by atoms with E-state index in [0.717, 1.165) is 22.6 Å². The second kappa shape index (κ2) is 3.26. The maximum Gasteiger partial charge on any atom is 0.125 e. The standard InChI is InChI=1S/C10H12O3/c1-11-9-3-4-10(12-2)8-6-13-5-7(8)9/h3-4H,5-6H2,1-2H3. The largest absolute Gasteiger partial charge is 0.496 e. The third-order valence-electron chi connectivity index (χ3n) is 2.28. The maximum atomic E-state index is 5.34. The van der Waals surface area contributed by atoms with Crippen LogP contribution in [0.3, 0.4) is 0 Å². The van der Waals surface area contributed by atoms with E-state index in [-0.39, 0.29) is 0 Å². The third kappa shape index (κ3) is 1.25. The molecule has 0 fully saturated rings. The fourth-order valence-corrected chi connectivity index (χ4v) is 1.60. The van der Waals surface area contributed by atoms with E-state index in [4.69, 9.17) is 14.2 Å². The van der Waals surface area contributed by atoms with Gasteiger partial charge in [-0.05, 0) is 12.1 Å². The van der Waals surface area contributed by atoms with Gasteiger partial charge in [0, 0.05) is 11.1 Å². The lowest BCUT2D eigenvalue weighted by molar-refractivity contribution is 0.132. The molecule has 1 aromatic carbocycles. The Balaban J connectivity index is 2.52. The molecule has 0 aliphatic carbocycles. The molecule has 70 valence electrons. The van der Waals surface area contributed by atoms with E-state index in [1.165, 1.54) is 0 Å². The van der Waals surface area contributed by atoms with E-state index < -0.39 is 0 Å². The number of rotatable bonds is 2. The van der Waals surface area contributed by atoms with Crippen LogP contribution in [0.15, 0.2) is 12.1 Å². The first-order valence-corrected chi connectivity index (χ1v) is 4.17. The Labute approximate surface area is 77.2 Å². The highest BCUT2D eigenvalue weighted by Crippen LogP contribution is 2.35. The number of benzene rings is 1. The van der Waals surface area contributed by atoms with Gasteiger partial charge in [-0.2, -0.15) is 0 Å². The first-order valence-electron chi connectivity index (χ1n) is 4.17. The van der Waals surface area contributed by atoms with Gasteiger partial charge in [0.05, 0.1) is 27.4 Å². The van der Waals surface area contributed by atoms with Gasteiger partial charge in [-0.25, -0.2) is 0 Å². The first-order chi connectivity index (χ1) is 6.36. The highest BCUT2D eigenvalue weighted by Gasteiger charge is 2.19. The summed E-state index contributed by atoms with van der Waals surface area (Å²) in [7, 11) is 3.33. The lowest BCUT2D eigenvalue weighted by Crippen LogP contribution is -1.94. The molecule has 0 atom stereocenters. The van der Waals surface area contributed by atoms with Crippen molar-refractivity contribution in [3.8, 4) is 11.5 Å². The van der Waals surface area contributed by atoms with Crippen LogP contribution < -0.4 is 9.47 Å². The molecule has 1 aliphatic heterocycles. The van der Waals surface area contributed by atoms with Crippen molar-refractivity contribution in [1.29, 1.82) is 0 Å². The molecule has 13 heavy (non-hydrogen) atoms. The normalized spacial score (nSPS) is 14.0. The smallest absolute Gasteiger partial charge is 0.125 e. The van der Waals surface area contributed by atoms with Gasteiger partial charge in [0.1, 0.15) is 11.5 Å². The Hall–Kier alpha value is -1.22. The molecule has 1 heterocycles. The van der Waals surface area contributed by atoms with Crippen molar-refractivity contribution in [2.75, 3.05) is 14.2 Å². The molecule has 0 amide bonds. The number of fused-ring (bicyclic) bond motifs is 1. The van der Waals surface area contributed by atoms with Crippen molar-refractivity contribution < 1.29 is 14.2 Å². The Kier molecular flexibility index (Phi) is 2.10. The van der Waals surface area contributed by atoms with Crippen LogP contribution in [0.2, 0.25) is 0 Å². The number of ether oxygens (including phenoxy) is 3. The van der Waals surface area contributed by atoms with Gasteiger partial charge in [-0.15, -0.1) is 0 Å². The van der Waals surface area contributed by atoms with Crippen LogP contribution in [-0.2, 0) is 18.0 Å². The van der Waals surface area contributed by atoms with Crippen molar-refractivity contribution in [3.63, 3.8) is 0 Å². The minimum atomic E-state index is 0.621. The highest BCUT2D eigenvalue weighted by atomic mass is 16.5. The van der Waals surface area contributed by atoms with E-state index in [1.807, 2.05) is 12.1 Å². The summed E-state index contributed by atoms with van der Waals surface area (Å²) in [4.78, 5) is 0. The average Bonchev–Trinajstić information content (AvgIpc) is 2.64. The van der Waals surface area contributed by atoms with Crippen molar-refractivity contribution in [3.05, 3.63) is 23.3 Å². The highest BCUT2D eigenvalue weighted by molar-refractivity contribution is 5.49. The summed E-state index contributed by atoms with van der Waals surface area (Å²) in [5, 5.41) is 0. The molecule has 2 rings (SSSR count). The van der Waals surface area contributed by atoms with Crippen molar-refractivity contribution in [1.82, 2.24) is 0 Å². The van der Waals surface area contributed by atoms with Gasteiger partial charge in [0.15, 0.2) is 0 Å². The van der Waals surface area contributed by atoms with Crippen molar-refractivity contribution in [2.45, 2.75) is 13.2 Å². The second-order valence-corrected chi connectivity index (χ2v) is 2.92. The monoisotopic (exact) mass is 180 g/mol. The summed E-state index contributed by atoms with van der Waals surface area (Å²) in [5.41, 5.74) is 2.23. The fourth-order valence-electron chi connectivity index (χ4n) is 1.60. The fraction of sp³-hybridized carbons (Fsp3) is 0.400. The zero-order valence-corrected chi connectivity index (χ0v) is 7.79. The van der Waals surface area contributed by atoms with E-state index in [0.29, 0.717) is 13.2 Å². The van der Waals surface area contributed by atoms with Gasteiger partial charge >= 0.3 is 0 Å². The van der Waals surface area contributed by atoms with E-state index in [1.54, 1.807) is 14.2 Å². The molecule has 1 aromatic rings. The zero-order valence-electron chi connectivity index (χ0n) is 7.79. The molecular weight excluding hydrogens is 168 g/mol. The van der Waals surface area contributed by atoms with Gasteiger partial charge in [-0.3, -0.25) is 0 Å². The van der Waals surface area contributed by atoms with Crippen LogP contribution in [0.4, 0.5) is 0 Å². The van der Waals surface area contributed by atoms with Gasteiger partial charge in [0.2, 0.25) is 0 Å².